The summed E-state index contributed by atoms with van der Waals surface area (Å²) in [5.74, 6) is 1.67. The van der Waals surface area contributed by atoms with E-state index in [9.17, 15) is 5.11 Å². The lowest BCUT2D eigenvalue weighted by molar-refractivity contribution is -0.0645. The summed E-state index contributed by atoms with van der Waals surface area (Å²) in [5.41, 5.74) is 1.57. The predicted octanol–water partition coefficient (Wildman–Crippen LogP) is 3.61. The van der Waals surface area contributed by atoms with Crippen molar-refractivity contribution in [2.45, 2.75) is 56.5 Å². The van der Waals surface area contributed by atoms with Gasteiger partial charge in [-0.15, -0.1) is 0 Å². The second-order valence-corrected chi connectivity index (χ2v) is 8.75. The Morgan fingerprint density at radius 3 is 2.63 bits per heavy atom. The topological polar surface area (TPSA) is 59.8 Å². The molecule has 0 amide bonds. The first kappa shape index (κ1) is 19.4. The van der Waals surface area contributed by atoms with Gasteiger partial charge in [0.2, 0.25) is 0 Å². The molecule has 0 radical (unpaired) electrons. The summed E-state index contributed by atoms with van der Waals surface area (Å²) in [6, 6.07) is 10.9. The molecule has 6 nitrogen and oxygen atoms in total. The van der Waals surface area contributed by atoms with E-state index in [1.165, 1.54) is 10.9 Å². The number of benzene rings is 1. The zero-order valence-corrected chi connectivity index (χ0v) is 17.6. The Morgan fingerprint density at radius 1 is 1.10 bits per heavy atom. The maximum Gasteiger partial charge on any atom is 0.127 e. The average Bonchev–Trinajstić information content (AvgIpc) is 3.26. The third kappa shape index (κ3) is 3.44. The van der Waals surface area contributed by atoms with Crippen LogP contribution in [0.1, 0.15) is 31.2 Å². The van der Waals surface area contributed by atoms with Crippen molar-refractivity contribution in [3.63, 3.8) is 0 Å². The summed E-state index contributed by atoms with van der Waals surface area (Å²) in [6.07, 6.45) is 9.63. The van der Waals surface area contributed by atoms with Gasteiger partial charge in [0.15, 0.2) is 0 Å². The number of methoxy groups -OCH3 is 2. The van der Waals surface area contributed by atoms with Crippen molar-refractivity contribution in [3.8, 4) is 11.5 Å². The van der Waals surface area contributed by atoms with Gasteiger partial charge in [0.25, 0.3) is 0 Å². The fourth-order valence-corrected chi connectivity index (χ4v) is 5.46. The number of aliphatic hydroxyl groups is 1. The molecule has 2 aliphatic heterocycles. The molecule has 2 saturated heterocycles. The number of piperidine rings is 1. The zero-order chi connectivity index (χ0) is 20.7. The van der Waals surface area contributed by atoms with E-state index in [1.807, 2.05) is 30.6 Å². The van der Waals surface area contributed by atoms with Crippen molar-refractivity contribution < 1.29 is 14.6 Å². The summed E-state index contributed by atoms with van der Waals surface area (Å²) in [4.78, 5) is 6.82. The van der Waals surface area contributed by atoms with Gasteiger partial charge in [-0.25, -0.2) is 0 Å². The number of rotatable bonds is 6. The summed E-state index contributed by atoms with van der Waals surface area (Å²) in [7, 11) is 3.38. The third-order valence-corrected chi connectivity index (χ3v) is 6.89. The molecule has 0 spiro atoms. The largest absolute Gasteiger partial charge is 0.497 e. The van der Waals surface area contributed by atoms with Crippen molar-refractivity contribution in [2.75, 3.05) is 14.2 Å². The molecular weight excluding hydrogens is 378 g/mol. The number of nitrogens with zero attached hydrogens (tertiary/aromatic N) is 3. The van der Waals surface area contributed by atoms with Gasteiger partial charge in [-0.3, -0.25) is 9.88 Å². The van der Waals surface area contributed by atoms with E-state index < -0.39 is 5.60 Å². The number of hydrogen-bond donors (Lipinski definition) is 1. The van der Waals surface area contributed by atoms with Gasteiger partial charge < -0.3 is 19.1 Å². The normalized spacial score (nSPS) is 26.2. The maximum absolute atomic E-state index is 11.5. The molecule has 0 aliphatic carbocycles. The smallest absolute Gasteiger partial charge is 0.127 e. The Hall–Kier alpha value is -2.57. The van der Waals surface area contributed by atoms with Crippen molar-refractivity contribution in [3.05, 3.63) is 54.5 Å². The zero-order valence-electron chi connectivity index (χ0n) is 17.6. The molecule has 2 fully saturated rings. The van der Waals surface area contributed by atoms with E-state index in [-0.39, 0.29) is 0 Å². The molecule has 2 atom stereocenters. The number of ether oxygens (including phenoxy) is 2. The number of hydrogen-bond acceptors (Lipinski definition) is 5. The summed E-state index contributed by atoms with van der Waals surface area (Å²) >= 11 is 0. The molecule has 2 unspecified atom stereocenters. The van der Waals surface area contributed by atoms with Gasteiger partial charge >= 0.3 is 0 Å². The van der Waals surface area contributed by atoms with Crippen molar-refractivity contribution >= 4 is 10.9 Å². The Labute approximate surface area is 177 Å². The molecule has 1 aromatic carbocycles. The fraction of sp³-hybridized carbons (Fsp3) is 0.458. The van der Waals surface area contributed by atoms with Crippen LogP contribution >= 0.6 is 0 Å². The van der Waals surface area contributed by atoms with Gasteiger partial charge in [0.1, 0.15) is 11.5 Å². The Morgan fingerprint density at radius 2 is 1.90 bits per heavy atom. The van der Waals surface area contributed by atoms with E-state index in [2.05, 4.69) is 32.8 Å². The first-order valence-corrected chi connectivity index (χ1v) is 10.7. The van der Waals surface area contributed by atoms with Crippen LogP contribution in [0.5, 0.6) is 11.5 Å². The summed E-state index contributed by atoms with van der Waals surface area (Å²) < 4.78 is 13.1. The molecule has 4 heterocycles. The van der Waals surface area contributed by atoms with Crippen LogP contribution in [0.3, 0.4) is 0 Å². The molecule has 2 aromatic heterocycles. The highest BCUT2D eigenvalue weighted by Crippen LogP contribution is 2.43. The fourth-order valence-electron chi connectivity index (χ4n) is 5.46. The standard InChI is InChI=1S/C24H29N3O3/c1-29-21-6-3-18(23(11-21)30-2)15-27-19-4-5-20(27)13-24(28,12-19)16-26-10-8-17-7-9-25-14-22(17)26/h3,6-11,14,19-20,28H,4-5,12-13,15-16H2,1-2H3. The lowest BCUT2D eigenvalue weighted by atomic mass is 9.85. The van der Waals surface area contributed by atoms with Gasteiger partial charge in [0.05, 0.1) is 38.1 Å². The van der Waals surface area contributed by atoms with Crippen molar-refractivity contribution in [2.24, 2.45) is 0 Å². The van der Waals surface area contributed by atoms with E-state index in [1.54, 1.807) is 14.2 Å². The molecule has 5 rings (SSSR count). The second-order valence-electron chi connectivity index (χ2n) is 8.75. The third-order valence-electron chi connectivity index (χ3n) is 6.89. The molecule has 2 bridgehead atoms. The van der Waals surface area contributed by atoms with Crippen LogP contribution in [0.25, 0.3) is 10.9 Å². The quantitative estimate of drug-likeness (QED) is 0.676. The molecule has 30 heavy (non-hydrogen) atoms. The summed E-state index contributed by atoms with van der Waals surface area (Å²) in [5, 5.41) is 12.7. The van der Waals surface area contributed by atoms with E-state index in [0.29, 0.717) is 18.6 Å². The van der Waals surface area contributed by atoms with Crippen LogP contribution < -0.4 is 9.47 Å². The van der Waals surface area contributed by atoms with Crippen molar-refractivity contribution in [1.29, 1.82) is 0 Å². The van der Waals surface area contributed by atoms with Crippen molar-refractivity contribution in [1.82, 2.24) is 14.5 Å². The summed E-state index contributed by atoms with van der Waals surface area (Å²) in [6.45, 7) is 1.46. The molecule has 3 aromatic rings. The predicted molar refractivity (Wildman–Crippen MR) is 116 cm³/mol. The van der Waals surface area contributed by atoms with Gasteiger partial charge in [-0.1, -0.05) is 6.07 Å². The van der Waals surface area contributed by atoms with Crippen LogP contribution in [-0.4, -0.2) is 51.5 Å². The molecular formula is C24H29N3O3. The second kappa shape index (κ2) is 7.60. The first-order chi connectivity index (χ1) is 14.6. The lowest BCUT2D eigenvalue weighted by Gasteiger charge is -2.44. The highest BCUT2D eigenvalue weighted by molar-refractivity contribution is 5.78. The number of aromatic nitrogens is 2. The van der Waals surface area contributed by atoms with Crippen LogP contribution in [0.15, 0.2) is 48.9 Å². The minimum atomic E-state index is -0.686. The Balaban J connectivity index is 1.33. The average molecular weight is 408 g/mol. The molecule has 158 valence electrons. The minimum Gasteiger partial charge on any atom is -0.497 e. The SMILES string of the molecule is COc1ccc(CN2C3CCC2CC(O)(Cn2ccc4ccncc42)C3)c(OC)c1. The highest BCUT2D eigenvalue weighted by Gasteiger charge is 2.47. The van der Waals surface area contributed by atoms with Crippen LogP contribution in [0.4, 0.5) is 0 Å². The van der Waals surface area contributed by atoms with Gasteiger partial charge in [0, 0.05) is 48.0 Å². The van der Waals surface area contributed by atoms with Gasteiger partial charge in [-0.05, 0) is 43.9 Å². The Bertz CT molecular complexity index is 1030. The highest BCUT2D eigenvalue weighted by atomic mass is 16.5. The van der Waals surface area contributed by atoms with E-state index >= 15 is 0 Å². The van der Waals surface area contributed by atoms with Crippen LogP contribution in [0.2, 0.25) is 0 Å². The van der Waals surface area contributed by atoms with Crippen LogP contribution in [-0.2, 0) is 13.1 Å². The minimum absolute atomic E-state index is 0.389. The van der Waals surface area contributed by atoms with Crippen LogP contribution in [0, 0.1) is 0 Å². The van der Waals surface area contributed by atoms with E-state index in [4.69, 9.17) is 9.47 Å². The maximum atomic E-state index is 11.5. The molecule has 6 heteroatoms. The molecule has 1 N–H and O–H groups in total. The number of pyridine rings is 1. The first-order valence-electron chi connectivity index (χ1n) is 10.7. The molecule has 2 aliphatic rings. The monoisotopic (exact) mass is 407 g/mol. The molecule has 0 saturated carbocycles. The Kier molecular flexibility index (Phi) is 4.91. The van der Waals surface area contributed by atoms with Gasteiger partial charge in [-0.2, -0.15) is 0 Å². The lowest BCUT2D eigenvalue weighted by Crippen LogP contribution is -2.52. The number of fused-ring (bicyclic) bond motifs is 3. The van der Waals surface area contributed by atoms with E-state index in [0.717, 1.165) is 49.2 Å².